The number of hydrogen-bond acceptors (Lipinski definition) is 7. The SMILES string of the molecule is COC(=O)[C@@H]1[C@H](C(=O)OC)[C@H]2CC(=O)[C@@H]1c1cccc([N+](=O)[O-])c12. The van der Waals surface area contributed by atoms with Crippen molar-refractivity contribution >= 4 is 23.4 Å². The van der Waals surface area contributed by atoms with Crippen LogP contribution in [0.15, 0.2) is 18.2 Å². The molecule has 0 amide bonds. The van der Waals surface area contributed by atoms with Gasteiger partial charge in [-0.3, -0.25) is 24.5 Å². The van der Waals surface area contributed by atoms with E-state index in [1.165, 1.54) is 26.4 Å². The summed E-state index contributed by atoms with van der Waals surface area (Å²) in [5.41, 5.74) is 0.635. The average Bonchev–Trinajstić information content (AvgIpc) is 2.59. The molecule has 126 valence electrons. The molecule has 4 atom stereocenters. The molecule has 0 unspecified atom stereocenters. The quantitative estimate of drug-likeness (QED) is 0.466. The number of carbonyl (C=O) groups is 3. The smallest absolute Gasteiger partial charge is 0.310 e. The van der Waals surface area contributed by atoms with Crippen molar-refractivity contribution in [3.05, 3.63) is 39.4 Å². The zero-order valence-corrected chi connectivity index (χ0v) is 13.1. The first-order valence-corrected chi connectivity index (χ1v) is 7.38. The van der Waals surface area contributed by atoms with E-state index in [0.717, 1.165) is 0 Å². The van der Waals surface area contributed by atoms with E-state index in [-0.39, 0.29) is 17.9 Å². The molecule has 0 aromatic heterocycles. The summed E-state index contributed by atoms with van der Waals surface area (Å²) in [4.78, 5) is 47.8. The van der Waals surface area contributed by atoms with Crippen LogP contribution in [0, 0.1) is 22.0 Å². The average molecular weight is 333 g/mol. The Hall–Kier alpha value is -2.77. The van der Waals surface area contributed by atoms with Gasteiger partial charge in [-0.1, -0.05) is 12.1 Å². The molecule has 0 heterocycles. The summed E-state index contributed by atoms with van der Waals surface area (Å²) in [6.07, 6.45) is -0.0320. The van der Waals surface area contributed by atoms with Crippen LogP contribution >= 0.6 is 0 Å². The fourth-order valence-electron chi connectivity index (χ4n) is 4.05. The van der Waals surface area contributed by atoms with Gasteiger partial charge in [-0.25, -0.2) is 0 Å². The molecular weight excluding hydrogens is 318 g/mol. The van der Waals surface area contributed by atoms with Gasteiger partial charge in [0.2, 0.25) is 0 Å². The molecule has 1 aromatic rings. The van der Waals surface area contributed by atoms with E-state index >= 15 is 0 Å². The lowest BCUT2D eigenvalue weighted by molar-refractivity contribution is -0.386. The van der Waals surface area contributed by atoms with E-state index in [2.05, 4.69) is 0 Å². The molecule has 2 bridgehead atoms. The van der Waals surface area contributed by atoms with Gasteiger partial charge in [-0.05, 0) is 5.56 Å². The first-order chi connectivity index (χ1) is 11.4. The predicted octanol–water partition coefficient (Wildman–Crippen LogP) is 1.33. The molecule has 24 heavy (non-hydrogen) atoms. The standard InChI is InChI=1S/C16H15NO7/c1-23-15(19)13-8-6-10(18)12(14(13)16(20)24-2)7-4-3-5-9(11(7)8)17(21)22/h3-5,8,12-14H,6H2,1-2H3/t8-,12-,13+,14-/m0/s1. The lowest BCUT2D eigenvalue weighted by Gasteiger charge is -2.45. The predicted molar refractivity (Wildman–Crippen MR) is 79.2 cm³/mol. The molecule has 8 heteroatoms. The summed E-state index contributed by atoms with van der Waals surface area (Å²) in [7, 11) is 2.36. The third-order valence-corrected chi connectivity index (χ3v) is 4.91. The lowest BCUT2D eigenvalue weighted by Crippen LogP contribution is -2.50. The van der Waals surface area contributed by atoms with Crippen LogP contribution in [-0.2, 0) is 23.9 Å². The van der Waals surface area contributed by atoms with E-state index in [9.17, 15) is 24.5 Å². The van der Waals surface area contributed by atoms with Gasteiger partial charge >= 0.3 is 11.9 Å². The minimum Gasteiger partial charge on any atom is -0.469 e. The van der Waals surface area contributed by atoms with Crippen LogP contribution in [0.1, 0.15) is 29.4 Å². The van der Waals surface area contributed by atoms with Crippen molar-refractivity contribution in [2.24, 2.45) is 11.8 Å². The largest absolute Gasteiger partial charge is 0.469 e. The molecule has 1 fully saturated rings. The summed E-state index contributed by atoms with van der Waals surface area (Å²) in [6, 6.07) is 4.42. The highest BCUT2D eigenvalue weighted by molar-refractivity contribution is 5.99. The third-order valence-electron chi connectivity index (χ3n) is 4.91. The highest BCUT2D eigenvalue weighted by atomic mass is 16.6. The van der Waals surface area contributed by atoms with Gasteiger partial charge in [0.15, 0.2) is 0 Å². The highest BCUT2D eigenvalue weighted by Crippen LogP contribution is 2.56. The van der Waals surface area contributed by atoms with Crippen molar-refractivity contribution in [3.8, 4) is 0 Å². The van der Waals surface area contributed by atoms with Crippen LogP contribution in [0.3, 0.4) is 0 Å². The number of esters is 2. The maximum Gasteiger partial charge on any atom is 0.310 e. The number of nitrogens with zero attached hydrogens (tertiary/aromatic N) is 1. The molecule has 1 saturated carbocycles. The maximum absolute atomic E-state index is 12.5. The monoisotopic (exact) mass is 333 g/mol. The Labute approximate surface area is 136 Å². The number of nitro benzene ring substituents is 1. The first kappa shape index (κ1) is 16.1. The van der Waals surface area contributed by atoms with Crippen LogP contribution in [0.25, 0.3) is 0 Å². The van der Waals surface area contributed by atoms with Crippen molar-refractivity contribution in [2.75, 3.05) is 14.2 Å². The summed E-state index contributed by atoms with van der Waals surface area (Å²) in [5, 5.41) is 11.4. The topological polar surface area (TPSA) is 113 Å². The van der Waals surface area contributed by atoms with E-state index in [1.807, 2.05) is 0 Å². The maximum atomic E-state index is 12.5. The Morgan fingerprint density at radius 1 is 1.17 bits per heavy atom. The van der Waals surface area contributed by atoms with Crippen molar-refractivity contribution < 1.29 is 28.8 Å². The highest BCUT2D eigenvalue weighted by Gasteiger charge is 2.59. The lowest BCUT2D eigenvalue weighted by atomic mass is 9.55. The molecule has 0 aliphatic heterocycles. The Balaban J connectivity index is 2.26. The van der Waals surface area contributed by atoms with Crippen molar-refractivity contribution in [1.29, 1.82) is 0 Å². The number of Topliss-reactive ketones (excluding diaryl/α,β-unsaturated/α-hetero) is 1. The van der Waals surface area contributed by atoms with Crippen LogP contribution < -0.4 is 0 Å². The van der Waals surface area contributed by atoms with Gasteiger partial charge < -0.3 is 9.47 Å². The van der Waals surface area contributed by atoms with Crippen LogP contribution in [0.2, 0.25) is 0 Å². The van der Waals surface area contributed by atoms with Crippen LogP contribution in [0.5, 0.6) is 0 Å². The molecular formula is C16H15NO7. The fourth-order valence-corrected chi connectivity index (χ4v) is 4.05. The van der Waals surface area contributed by atoms with Crippen molar-refractivity contribution in [3.63, 3.8) is 0 Å². The summed E-state index contributed by atoms with van der Waals surface area (Å²) >= 11 is 0. The van der Waals surface area contributed by atoms with Gasteiger partial charge in [0.1, 0.15) is 5.78 Å². The number of nitro groups is 1. The normalized spacial score (nSPS) is 27.3. The number of rotatable bonds is 3. The molecule has 0 N–H and O–H groups in total. The van der Waals surface area contributed by atoms with Crippen molar-refractivity contribution in [1.82, 2.24) is 0 Å². The minimum atomic E-state index is -1.02. The van der Waals surface area contributed by atoms with Gasteiger partial charge in [-0.15, -0.1) is 0 Å². The number of fused-ring (bicyclic) bond motifs is 2. The third kappa shape index (κ3) is 2.10. The van der Waals surface area contributed by atoms with Crippen molar-refractivity contribution in [2.45, 2.75) is 18.3 Å². The number of ether oxygens (including phenoxy) is 2. The summed E-state index contributed by atoms with van der Waals surface area (Å²) in [5.74, 6) is -5.27. The zero-order valence-electron chi connectivity index (χ0n) is 13.1. The number of methoxy groups -OCH3 is 2. The van der Waals surface area contributed by atoms with E-state index < -0.39 is 40.5 Å². The first-order valence-electron chi connectivity index (χ1n) is 7.38. The minimum absolute atomic E-state index is 0.0320. The van der Waals surface area contributed by atoms with Crippen LogP contribution in [-0.4, -0.2) is 36.9 Å². The van der Waals surface area contributed by atoms with Gasteiger partial charge in [-0.2, -0.15) is 0 Å². The Bertz CT molecular complexity index is 757. The molecule has 0 spiro atoms. The van der Waals surface area contributed by atoms with Crippen LogP contribution in [0.4, 0.5) is 5.69 Å². The van der Waals surface area contributed by atoms with E-state index in [0.29, 0.717) is 11.1 Å². The van der Waals surface area contributed by atoms with E-state index in [4.69, 9.17) is 9.47 Å². The molecule has 0 saturated heterocycles. The molecule has 1 aromatic carbocycles. The van der Waals surface area contributed by atoms with E-state index in [1.54, 1.807) is 6.07 Å². The molecule has 3 aliphatic carbocycles. The summed E-state index contributed by atoms with van der Waals surface area (Å²) in [6.45, 7) is 0. The second kappa shape index (κ2) is 5.70. The molecule has 4 rings (SSSR count). The van der Waals surface area contributed by atoms with Gasteiger partial charge in [0.25, 0.3) is 5.69 Å². The fraction of sp³-hybridized carbons (Fsp3) is 0.438. The Morgan fingerprint density at radius 2 is 1.79 bits per heavy atom. The summed E-state index contributed by atoms with van der Waals surface area (Å²) < 4.78 is 9.57. The second-order valence-corrected chi connectivity index (χ2v) is 5.89. The number of benzene rings is 1. The number of hydrogen-bond donors (Lipinski definition) is 0. The molecule has 0 radical (unpaired) electrons. The van der Waals surface area contributed by atoms with Gasteiger partial charge in [0.05, 0.1) is 36.9 Å². The Morgan fingerprint density at radius 3 is 2.38 bits per heavy atom. The second-order valence-electron chi connectivity index (χ2n) is 5.89. The zero-order chi connectivity index (χ0) is 17.6. The van der Waals surface area contributed by atoms with Gasteiger partial charge in [0, 0.05) is 24.0 Å². The molecule has 3 aliphatic rings. The Kier molecular flexibility index (Phi) is 3.82. The molecule has 8 nitrogen and oxygen atoms in total. The number of carbonyl (C=O) groups excluding carboxylic acids is 3. The number of ketones is 1.